The van der Waals surface area contributed by atoms with Crippen molar-refractivity contribution in [1.82, 2.24) is 19.7 Å². The van der Waals surface area contributed by atoms with Crippen LogP contribution < -0.4 is 10.6 Å². The van der Waals surface area contributed by atoms with Crippen LogP contribution in [0.15, 0.2) is 42.5 Å². The van der Waals surface area contributed by atoms with E-state index in [0.717, 1.165) is 22.9 Å². The van der Waals surface area contributed by atoms with Crippen LogP contribution in [0.2, 0.25) is 0 Å². The average Bonchev–Trinajstić information content (AvgIpc) is 3.21. The van der Waals surface area contributed by atoms with Crippen LogP contribution in [0.3, 0.4) is 0 Å². The second-order valence-electron chi connectivity index (χ2n) is 8.51. The maximum atomic E-state index is 14.6. The Labute approximate surface area is 204 Å². The molecule has 36 heavy (non-hydrogen) atoms. The molecule has 11 heteroatoms. The standard InChI is InChI=1S/C25H23F3N6O2/c1-2-36-24(35)15-6-4-10-33(13-15)25-30-21(14-5-3-7-16(26)11-14)20-22(29)34(32-23(20)31-25)19-12-17(27)8-9-18(19)28/h3,5,7-9,11-12,15H,2,4,6,10,13,29H2,1H3/t15-/m0/s1. The highest BCUT2D eigenvalue weighted by Crippen LogP contribution is 2.35. The molecule has 0 aliphatic carbocycles. The van der Waals surface area contributed by atoms with Crippen LogP contribution in [0.4, 0.5) is 24.9 Å². The number of carbonyl (C=O) groups is 1. The molecule has 0 saturated carbocycles. The number of hydrogen-bond donors (Lipinski definition) is 1. The molecule has 1 aliphatic rings. The maximum Gasteiger partial charge on any atom is 0.310 e. The van der Waals surface area contributed by atoms with Crippen molar-refractivity contribution in [2.24, 2.45) is 5.92 Å². The third kappa shape index (κ3) is 4.32. The van der Waals surface area contributed by atoms with Crippen molar-refractivity contribution in [2.75, 3.05) is 30.3 Å². The summed E-state index contributed by atoms with van der Waals surface area (Å²) in [4.78, 5) is 23.4. The molecule has 0 radical (unpaired) electrons. The molecule has 0 spiro atoms. The molecule has 2 aromatic carbocycles. The summed E-state index contributed by atoms with van der Waals surface area (Å²) in [6.07, 6.45) is 1.39. The minimum atomic E-state index is -0.732. The Hall–Kier alpha value is -4.15. The fourth-order valence-corrected chi connectivity index (χ4v) is 4.43. The molecule has 186 valence electrons. The highest BCUT2D eigenvalue weighted by Gasteiger charge is 2.30. The van der Waals surface area contributed by atoms with Gasteiger partial charge < -0.3 is 15.4 Å². The second kappa shape index (κ2) is 9.48. The van der Waals surface area contributed by atoms with E-state index in [-0.39, 0.29) is 52.7 Å². The molecular formula is C25H23F3N6O2. The molecule has 4 aromatic rings. The molecule has 1 fully saturated rings. The van der Waals surface area contributed by atoms with Gasteiger partial charge in [-0.25, -0.2) is 22.8 Å². The Morgan fingerprint density at radius 2 is 1.94 bits per heavy atom. The summed E-state index contributed by atoms with van der Waals surface area (Å²) in [5.74, 6) is -2.28. The van der Waals surface area contributed by atoms with Gasteiger partial charge in [-0.1, -0.05) is 12.1 Å². The molecule has 1 saturated heterocycles. The zero-order valence-corrected chi connectivity index (χ0v) is 19.4. The SMILES string of the molecule is CCOC(=O)[C@H]1CCCN(c2nc(-c3cccc(F)c3)c3c(N)n(-c4cc(F)ccc4F)nc3n2)C1. The van der Waals surface area contributed by atoms with Gasteiger partial charge in [0.1, 0.15) is 29.0 Å². The van der Waals surface area contributed by atoms with Crippen LogP contribution in [-0.4, -0.2) is 45.4 Å². The first-order chi connectivity index (χ1) is 17.4. The summed E-state index contributed by atoms with van der Waals surface area (Å²) in [6, 6.07) is 8.72. The number of nitrogens with two attached hydrogens (primary N) is 1. The van der Waals surface area contributed by atoms with Gasteiger partial charge in [0, 0.05) is 24.7 Å². The lowest BCUT2D eigenvalue weighted by Crippen LogP contribution is -2.40. The summed E-state index contributed by atoms with van der Waals surface area (Å²) in [6.45, 7) is 2.96. The van der Waals surface area contributed by atoms with Gasteiger partial charge in [-0.15, -0.1) is 5.10 Å². The van der Waals surface area contributed by atoms with Gasteiger partial charge in [0.25, 0.3) is 0 Å². The molecule has 0 bridgehead atoms. The number of esters is 1. The van der Waals surface area contributed by atoms with Crippen LogP contribution >= 0.6 is 0 Å². The predicted molar refractivity (Wildman–Crippen MR) is 128 cm³/mol. The summed E-state index contributed by atoms with van der Waals surface area (Å²) >= 11 is 0. The highest BCUT2D eigenvalue weighted by molar-refractivity contribution is 5.99. The first kappa shape index (κ1) is 23.6. The average molecular weight is 496 g/mol. The molecule has 0 amide bonds. The van der Waals surface area contributed by atoms with Crippen molar-refractivity contribution in [3.8, 4) is 16.9 Å². The number of ether oxygens (including phenoxy) is 1. The van der Waals surface area contributed by atoms with Gasteiger partial charge in [0.15, 0.2) is 5.65 Å². The van der Waals surface area contributed by atoms with Crippen molar-refractivity contribution in [2.45, 2.75) is 19.8 Å². The Balaban J connectivity index is 1.67. The van der Waals surface area contributed by atoms with Crippen molar-refractivity contribution in [1.29, 1.82) is 0 Å². The molecule has 1 aliphatic heterocycles. The van der Waals surface area contributed by atoms with E-state index < -0.39 is 17.5 Å². The van der Waals surface area contributed by atoms with Gasteiger partial charge >= 0.3 is 5.97 Å². The van der Waals surface area contributed by atoms with Gasteiger partial charge in [-0.3, -0.25) is 4.79 Å². The largest absolute Gasteiger partial charge is 0.466 e. The van der Waals surface area contributed by atoms with Gasteiger partial charge in [-0.05, 0) is 44.0 Å². The van der Waals surface area contributed by atoms with E-state index in [2.05, 4.69) is 15.1 Å². The Bertz CT molecular complexity index is 1460. The second-order valence-corrected chi connectivity index (χ2v) is 8.51. The monoisotopic (exact) mass is 496 g/mol. The van der Waals surface area contributed by atoms with Gasteiger partial charge in [-0.2, -0.15) is 4.98 Å². The van der Waals surface area contributed by atoms with Crippen LogP contribution in [0, 0.1) is 23.4 Å². The van der Waals surface area contributed by atoms with E-state index >= 15 is 0 Å². The fraction of sp³-hybridized carbons (Fsp3) is 0.280. The number of benzene rings is 2. The lowest BCUT2D eigenvalue weighted by atomic mass is 9.98. The molecule has 2 N–H and O–H groups in total. The first-order valence-corrected chi connectivity index (χ1v) is 11.5. The molecule has 0 unspecified atom stereocenters. The predicted octanol–water partition coefficient (Wildman–Crippen LogP) is 4.26. The number of carbonyl (C=O) groups excluding carboxylic acids is 1. The maximum absolute atomic E-state index is 14.6. The third-order valence-electron chi connectivity index (χ3n) is 6.12. The number of nitrogen functional groups attached to an aromatic ring is 1. The summed E-state index contributed by atoms with van der Waals surface area (Å²) in [5.41, 5.74) is 6.98. The highest BCUT2D eigenvalue weighted by atomic mass is 19.1. The van der Waals surface area contributed by atoms with Crippen LogP contribution in [0.5, 0.6) is 0 Å². The van der Waals surface area contributed by atoms with E-state index in [4.69, 9.17) is 10.5 Å². The van der Waals surface area contributed by atoms with Crippen LogP contribution in [0.25, 0.3) is 28.0 Å². The molecular weight excluding hydrogens is 473 g/mol. The topological polar surface area (TPSA) is 99.2 Å². The fourth-order valence-electron chi connectivity index (χ4n) is 4.43. The van der Waals surface area contributed by atoms with Gasteiger partial charge in [0.2, 0.25) is 5.95 Å². The lowest BCUT2D eigenvalue weighted by Gasteiger charge is -2.31. The molecule has 5 rings (SSSR count). The van der Waals surface area contributed by atoms with Crippen molar-refractivity contribution >= 4 is 28.8 Å². The van der Waals surface area contributed by atoms with Crippen molar-refractivity contribution in [3.63, 3.8) is 0 Å². The summed E-state index contributed by atoms with van der Waals surface area (Å²) < 4.78 is 48.9. The number of halogens is 3. The van der Waals surface area contributed by atoms with E-state index in [9.17, 15) is 18.0 Å². The molecule has 8 nitrogen and oxygen atoms in total. The quantitative estimate of drug-likeness (QED) is 0.412. The van der Waals surface area contributed by atoms with Crippen molar-refractivity contribution < 1.29 is 22.7 Å². The number of anilines is 2. The molecule has 1 atom stereocenters. The molecule has 3 heterocycles. The minimum Gasteiger partial charge on any atom is -0.466 e. The van der Waals surface area contributed by atoms with Gasteiger partial charge in [0.05, 0.1) is 23.6 Å². The Kier molecular flexibility index (Phi) is 6.21. The van der Waals surface area contributed by atoms with E-state index in [1.165, 1.54) is 18.2 Å². The summed E-state index contributed by atoms with van der Waals surface area (Å²) in [7, 11) is 0. The number of fused-ring (bicyclic) bond motifs is 1. The van der Waals surface area contributed by atoms with Crippen molar-refractivity contribution in [3.05, 3.63) is 59.9 Å². The third-order valence-corrected chi connectivity index (χ3v) is 6.12. The lowest BCUT2D eigenvalue weighted by molar-refractivity contribution is -0.148. The normalized spacial score (nSPS) is 15.9. The number of nitrogens with zero attached hydrogens (tertiary/aromatic N) is 5. The number of hydrogen-bond acceptors (Lipinski definition) is 7. The zero-order valence-electron chi connectivity index (χ0n) is 19.4. The van der Waals surface area contributed by atoms with Crippen LogP contribution in [0.1, 0.15) is 19.8 Å². The minimum absolute atomic E-state index is 0.0247. The number of aromatic nitrogens is 4. The first-order valence-electron chi connectivity index (χ1n) is 11.5. The Morgan fingerprint density at radius 1 is 1.14 bits per heavy atom. The Morgan fingerprint density at radius 3 is 2.72 bits per heavy atom. The number of rotatable bonds is 5. The number of piperidine rings is 1. The molecule has 2 aromatic heterocycles. The smallest absolute Gasteiger partial charge is 0.310 e. The van der Waals surface area contributed by atoms with E-state index in [0.29, 0.717) is 31.5 Å². The van der Waals surface area contributed by atoms with Crippen LogP contribution in [-0.2, 0) is 9.53 Å². The summed E-state index contributed by atoms with van der Waals surface area (Å²) in [5, 5.41) is 4.62. The van der Waals surface area contributed by atoms with E-state index in [1.807, 2.05) is 4.90 Å². The van der Waals surface area contributed by atoms with E-state index in [1.54, 1.807) is 13.0 Å². The zero-order chi connectivity index (χ0) is 25.4.